The number of carbonyl (C=O) groups excluding carboxylic acids is 2. The van der Waals surface area contributed by atoms with Crippen LogP contribution in [0.15, 0.2) is 40.8 Å². The molecule has 0 saturated carbocycles. The van der Waals surface area contributed by atoms with Gasteiger partial charge in [0, 0.05) is 17.0 Å². The number of furan rings is 1. The number of amides is 2. The first-order valence-electron chi connectivity index (χ1n) is 9.83. The van der Waals surface area contributed by atoms with Gasteiger partial charge in [-0.1, -0.05) is 12.1 Å². The molecular formula is C21H16N4O6S2. The Balaban J connectivity index is 1.56. The first kappa shape index (κ1) is 21.1. The maximum Gasteiger partial charge on any atom is 0.433 e. The molecule has 4 heterocycles. The lowest BCUT2D eigenvalue weighted by molar-refractivity contribution is -0.402. The molecule has 168 valence electrons. The summed E-state index contributed by atoms with van der Waals surface area (Å²) in [6, 6.07) is 10.2. The first-order valence-corrected chi connectivity index (χ1v) is 11.5. The summed E-state index contributed by atoms with van der Waals surface area (Å²) < 4.78 is 10.9. The van der Waals surface area contributed by atoms with Gasteiger partial charge >= 0.3 is 12.0 Å². The zero-order valence-corrected chi connectivity index (χ0v) is 18.8. The van der Waals surface area contributed by atoms with E-state index in [1.54, 1.807) is 4.90 Å². The number of benzene rings is 1. The van der Waals surface area contributed by atoms with Gasteiger partial charge in [0.15, 0.2) is 5.76 Å². The highest BCUT2D eigenvalue weighted by Gasteiger charge is 2.30. The molecule has 12 heteroatoms. The molecule has 3 aromatic heterocycles. The Bertz CT molecular complexity index is 1370. The van der Waals surface area contributed by atoms with Crippen molar-refractivity contribution in [3.8, 4) is 10.6 Å². The van der Waals surface area contributed by atoms with Gasteiger partial charge in [-0.05, 0) is 30.2 Å². The number of hydrogen-bond donors (Lipinski definition) is 1. The fourth-order valence-corrected chi connectivity index (χ4v) is 6.06. The van der Waals surface area contributed by atoms with Crippen molar-refractivity contribution in [2.24, 2.45) is 0 Å². The molecule has 1 aliphatic heterocycles. The Kier molecular flexibility index (Phi) is 5.30. The van der Waals surface area contributed by atoms with Gasteiger partial charge in [-0.25, -0.2) is 9.78 Å². The minimum atomic E-state index is -0.700. The second kappa shape index (κ2) is 8.30. The molecule has 4 aromatic rings. The number of methoxy groups -OCH3 is 1. The highest BCUT2D eigenvalue weighted by atomic mass is 32.1. The van der Waals surface area contributed by atoms with Crippen LogP contribution >= 0.6 is 22.7 Å². The molecule has 33 heavy (non-hydrogen) atoms. The van der Waals surface area contributed by atoms with E-state index in [0.29, 0.717) is 24.5 Å². The van der Waals surface area contributed by atoms with Crippen LogP contribution in [-0.2, 0) is 17.7 Å². The third-order valence-electron chi connectivity index (χ3n) is 5.22. The molecule has 0 atom stereocenters. The lowest BCUT2D eigenvalue weighted by atomic mass is 10.0. The molecule has 1 N–H and O–H groups in total. The zero-order chi connectivity index (χ0) is 23.1. The van der Waals surface area contributed by atoms with E-state index >= 15 is 0 Å². The van der Waals surface area contributed by atoms with Crippen LogP contribution in [0, 0.1) is 10.1 Å². The van der Waals surface area contributed by atoms with E-state index in [1.165, 1.54) is 35.8 Å². The number of ether oxygens (including phenoxy) is 1. The number of hydrogen-bond acceptors (Lipinski definition) is 9. The van der Waals surface area contributed by atoms with Gasteiger partial charge in [0.25, 0.3) is 5.91 Å². The van der Waals surface area contributed by atoms with Crippen molar-refractivity contribution in [2.75, 3.05) is 19.0 Å². The number of nitro groups is 1. The number of aromatic nitrogens is 1. The first-order chi connectivity index (χ1) is 15.9. The smallest absolute Gasteiger partial charge is 0.433 e. The molecule has 10 nitrogen and oxygen atoms in total. The Morgan fingerprint density at radius 1 is 1.24 bits per heavy atom. The fourth-order valence-electron chi connectivity index (χ4n) is 3.69. The van der Waals surface area contributed by atoms with E-state index in [-0.39, 0.29) is 5.76 Å². The number of para-hydroxylation sites is 1. The summed E-state index contributed by atoms with van der Waals surface area (Å²) >= 11 is 2.85. The molecule has 0 unspecified atom stereocenters. The van der Waals surface area contributed by atoms with Gasteiger partial charge in [-0.15, -0.1) is 22.7 Å². The topological polar surface area (TPSA) is 128 Å². The standard InChI is InChI=1S/C21H16N4O6S2/c1-30-21(27)24-9-8-11-15(10-24)33-20(23-18(26)13-6-7-16(31-13)25(28)29)17(11)19-22-12-4-2-3-5-14(12)32-19/h2-7H,8-10H2,1H3,(H,23,26). The van der Waals surface area contributed by atoms with Crippen LogP contribution < -0.4 is 5.32 Å². The van der Waals surface area contributed by atoms with Crippen LogP contribution in [0.1, 0.15) is 21.0 Å². The van der Waals surface area contributed by atoms with Crippen LogP contribution in [0.25, 0.3) is 20.8 Å². The molecule has 0 radical (unpaired) electrons. The Morgan fingerprint density at radius 2 is 2.06 bits per heavy atom. The summed E-state index contributed by atoms with van der Waals surface area (Å²) in [7, 11) is 1.34. The van der Waals surface area contributed by atoms with Crippen molar-refractivity contribution in [1.82, 2.24) is 9.88 Å². The number of carbonyl (C=O) groups is 2. The highest BCUT2D eigenvalue weighted by Crippen LogP contribution is 2.46. The molecule has 1 aromatic carbocycles. The summed E-state index contributed by atoms with van der Waals surface area (Å²) in [6.45, 7) is 0.832. The van der Waals surface area contributed by atoms with Crippen LogP contribution in [0.3, 0.4) is 0 Å². The Hall–Kier alpha value is -3.77. The largest absolute Gasteiger partial charge is 0.453 e. The molecule has 0 aliphatic carbocycles. The van der Waals surface area contributed by atoms with Crippen molar-refractivity contribution in [3.05, 3.63) is 62.7 Å². The van der Waals surface area contributed by atoms with Crippen molar-refractivity contribution < 1.29 is 23.7 Å². The summed E-state index contributed by atoms with van der Waals surface area (Å²) in [5.74, 6) is -1.28. The van der Waals surface area contributed by atoms with Gasteiger partial charge in [0.1, 0.15) is 14.9 Å². The van der Waals surface area contributed by atoms with E-state index in [2.05, 4.69) is 5.32 Å². The molecule has 0 fully saturated rings. The van der Waals surface area contributed by atoms with Crippen LogP contribution in [-0.4, -0.2) is 40.5 Å². The quantitative estimate of drug-likeness (QED) is 0.322. The fraction of sp³-hybridized carbons (Fsp3) is 0.190. The van der Waals surface area contributed by atoms with Crippen molar-refractivity contribution in [3.63, 3.8) is 0 Å². The molecule has 0 spiro atoms. The van der Waals surface area contributed by atoms with Crippen molar-refractivity contribution in [2.45, 2.75) is 13.0 Å². The molecule has 5 rings (SSSR count). The highest BCUT2D eigenvalue weighted by molar-refractivity contribution is 7.23. The molecular weight excluding hydrogens is 468 g/mol. The number of nitrogens with one attached hydrogen (secondary N) is 1. The summed E-state index contributed by atoms with van der Waals surface area (Å²) in [5, 5.41) is 15.0. The maximum atomic E-state index is 12.8. The molecule has 1 aliphatic rings. The lowest BCUT2D eigenvalue weighted by Gasteiger charge is -2.25. The maximum absolute atomic E-state index is 12.8. The summed E-state index contributed by atoms with van der Waals surface area (Å²) in [6.07, 6.45) is 0.165. The average Bonchev–Trinajstić information content (AvgIpc) is 3.53. The number of thiophene rings is 1. The van der Waals surface area contributed by atoms with Crippen LogP contribution in [0.4, 0.5) is 15.7 Å². The van der Waals surface area contributed by atoms with Gasteiger partial charge in [0.2, 0.25) is 0 Å². The zero-order valence-electron chi connectivity index (χ0n) is 17.2. The predicted molar refractivity (Wildman–Crippen MR) is 123 cm³/mol. The lowest BCUT2D eigenvalue weighted by Crippen LogP contribution is -2.35. The third kappa shape index (κ3) is 3.83. The van der Waals surface area contributed by atoms with E-state index < -0.39 is 22.8 Å². The summed E-state index contributed by atoms with van der Waals surface area (Å²) in [4.78, 5) is 42.3. The molecule has 0 bridgehead atoms. The monoisotopic (exact) mass is 484 g/mol. The number of nitrogens with zero attached hydrogens (tertiary/aromatic N) is 3. The van der Waals surface area contributed by atoms with Crippen molar-refractivity contribution in [1.29, 1.82) is 0 Å². The number of fused-ring (bicyclic) bond motifs is 2. The SMILES string of the molecule is COC(=O)N1CCc2c(sc(NC(=O)c3ccc([N+](=O)[O-])o3)c2-c2nc3ccccc3s2)C1. The predicted octanol–water partition coefficient (Wildman–Crippen LogP) is 4.90. The van der Waals surface area contributed by atoms with E-state index in [0.717, 1.165) is 37.3 Å². The number of thiazole rings is 1. The average molecular weight is 485 g/mol. The molecule has 0 saturated heterocycles. The minimum absolute atomic E-state index is 0.167. The number of rotatable bonds is 4. The van der Waals surface area contributed by atoms with Gasteiger partial charge in [0.05, 0.1) is 29.9 Å². The van der Waals surface area contributed by atoms with E-state index in [9.17, 15) is 19.7 Å². The van der Waals surface area contributed by atoms with E-state index in [4.69, 9.17) is 14.1 Å². The van der Waals surface area contributed by atoms with Gasteiger partial charge < -0.3 is 19.4 Å². The third-order valence-corrected chi connectivity index (χ3v) is 7.41. The Labute approximate surface area is 194 Å². The van der Waals surface area contributed by atoms with Gasteiger partial charge in [-0.2, -0.15) is 0 Å². The van der Waals surface area contributed by atoms with Gasteiger partial charge in [-0.3, -0.25) is 14.9 Å². The summed E-state index contributed by atoms with van der Waals surface area (Å²) in [5.41, 5.74) is 2.67. The van der Waals surface area contributed by atoms with Crippen molar-refractivity contribution >= 4 is 55.8 Å². The minimum Gasteiger partial charge on any atom is -0.453 e. The van der Waals surface area contributed by atoms with E-state index in [1.807, 2.05) is 24.3 Å². The second-order valence-electron chi connectivity index (χ2n) is 7.19. The second-order valence-corrected chi connectivity index (χ2v) is 9.32. The van der Waals surface area contributed by atoms with Crippen LogP contribution in [0.5, 0.6) is 0 Å². The normalized spacial score (nSPS) is 13.1. The molecule has 2 amide bonds. The number of anilines is 1. The Morgan fingerprint density at radius 3 is 2.79 bits per heavy atom. The van der Waals surface area contributed by atoms with Crippen LogP contribution in [0.2, 0.25) is 0 Å².